The third-order valence-corrected chi connectivity index (χ3v) is 16.0. The summed E-state index contributed by atoms with van der Waals surface area (Å²) in [4.78, 5) is 29.2. The summed E-state index contributed by atoms with van der Waals surface area (Å²) in [7, 11) is 0. The molecule has 0 atom stereocenters. The van der Waals surface area contributed by atoms with E-state index in [1.54, 1.807) is 24.3 Å². The molecule has 0 fully saturated rings. The van der Waals surface area contributed by atoms with Gasteiger partial charge in [-0.05, 0) is 131 Å². The average Bonchev–Trinajstić information content (AvgIpc) is 3.39. The number of hydrogen-bond donors (Lipinski definition) is 2. The first-order valence-corrected chi connectivity index (χ1v) is 25.3. The van der Waals surface area contributed by atoms with Crippen LogP contribution in [0, 0.1) is 0 Å². The largest absolute Gasteiger partial charge is 0.478 e. The lowest BCUT2D eigenvalue weighted by Gasteiger charge is -2.49. The summed E-state index contributed by atoms with van der Waals surface area (Å²) < 4.78 is 0. The summed E-state index contributed by atoms with van der Waals surface area (Å²) >= 11 is 0. The highest BCUT2D eigenvalue weighted by atomic mass is 16.4. The average molecular weight is 945 g/mol. The van der Waals surface area contributed by atoms with Crippen LogP contribution in [0.2, 0.25) is 0 Å². The van der Waals surface area contributed by atoms with Crippen molar-refractivity contribution in [1.29, 1.82) is 0 Å². The molecule has 9 aromatic carbocycles. The minimum Gasteiger partial charge on any atom is -0.478 e. The van der Waals surface area contributed by atoms with E-state index >= 15 is 0 Å². The zero-order valence-electron chi connectivity index (χ0n) is 41.7. The number of nitrogens with zero attached hydrogens (tertiary/aromatic N) is 2. The van der Waals surface area contributed by atoms with Crippen molar-refractivity contribution in [2.24, 2.45) is 0 Å². The molecule has 4 aliphatic rings. The van der Waals surface area contributed by atoms with Gasteiger partial charge in [-0.25, -0.2) is 9.59 Å². The van der Waals surface area contributed by atoms with Gasteiger partial charge >= 0.3 is 11.9 Å². The number of anilines is 6. The van der Waals surface area contributed by atoms with Crippen molar-refractivity contribution in [3.05, 3.63) is 210 Å². The van der Waals surface area contributed by atoms with E-state index in [9.17, 15) is 19.8 Å². The Morgan fingerprint density at radius 1 is 0.370 bits per heavy atom. The lowest BCUT2D eigenvalue weighted by atomic mass is 9.28. The fourth-order valence-corrected chi connectivity index (χ4v) is 12.4. The minimum atomic E-state index is -0.957. The van der Waals surface area contributed by atoms with Gasteiger partial charge in [0.05, 0.1) is 11.1 Å². The highest BCUT2D eigenvalue weighted by Gasteiger charge is 2.50. The van der Waals surface area contributed by atoms with Gasteiger partial charge in [0.25, 0.3) is 6.71 Å². The number of carbonyl (C=O) groups is 2. The van der Waals surface area contributed by atoms with Gasteiger partial charge in [-0.3, -0.25) is 0 Å². The van der Waals surface area contributed by atoms with E-state index in [1.165, 1.54) is 55.3 Å². The van der Waals surface area contributed by atoms with Crippen LogP contribution in [-0.2, 0) is 10.8 Å². The first-order valence-electron chi connectivity index (χ1n) is 25.3. The first-order chi connectivity index (χ1) is 35.1. The molecule has 4 aliphatic heterocycles. The Morgan fingerprint density at radius 3 is 1.30 bits per heavy atom. The number of aromatic carboxylic acids is 2. The number of rotatable bonds is 6. The maximum atomic E-state index is 12.2. The number of hydrogen-bond acceptors (Lipinski definition) is 4. The number of benzene rings is 9. The molecule has 0 saturated carbocycles. The van der Waals surface area contributed by atoms with Crippen molar-refractivity contribution in [3.8, 4) is 22.3 Å². The van der Waals surface area contributed by atoms with Crippen LogP contribution in [0.1, 0.15) is 73.4 Å². The molecule has 2 N–H and O–H groups in total. The number of para-hydroxylation sites is 2. The van der Waals surface area contributed by atoms with Gasteiger partial charge in [-0.2, -0.15) is 0 Å². The molecule has 0 aliphatic carbocycles. The van der Waals surface area contributed by atoms with Gasteiger partial charge in [0.1, 0.15) is 0 Å². The van der Waals surface area contributed by atoms with Crippen LogP contribution in [-0.4, -0.2) is 42.3 Å². The molecule has 4 heterocycles. The molecule has 9 heteroatoms. The third-order valence-electron chi connectivity index (χ3n) is 16.0. The summed E-state index contributed by atoms with van der Waals surface area (Å²) in [6, 6.07) is 67.1. The van der Waals surface area contributed by atoms with Crippen molar-refractivity contribution in [2.45, 2.75) is 52.4 Å². The highest BCUT2D eigenvalue weighted by molar-refractivity contribution is 7.05. The molecule has 6 nitrogen and oxygen atoms in total. The van der Waals surface area contributed by atoms with Crippen molar-refractivity contribution in [1.82, 2.24) is 0 Å². The summed E-state index contributed by atoms with van der Waals surface area (Å²) in [5, 5.41) is 19.8. The van der Waals surface area contributed by atoms with E-state index < -0.39 is 11.9 Å². The van der Waals surface area contributed by atoms with Gasteiger partial charge in [0.2, 0.25) is 13.4 Å². The van der Waals surface area contributed by atoms with Crippen molar-refractivity contribution in [2.75, 3.05) is 9.80 Å². The molecule has 0 spiro atoms. The van der Waals surface area contributed by atoms with E-state index in [1.807, 2.05) is 24.3 Å². The zero-order valence-corrected chi connectivity index (χ0v) is 41.7. The van der Waals surface area contributed by atoms with Crippen molar-refractivity contribution < 1.29 is 19.8 Å². The molecule has 0 unspecified atom stereocenters. The fourth-order valence-electron chi connectivity index (χ4n) is 12.4. The second kappa shape index (κ2) is 16.1. The second-order valence-electron chi connectivity index (χ2n) is 22.3. The Balaban J connectivity index is 1.10. The van der Waals surface area contributed by atoms with Crippen LogP contribution >= 0.6 is 0 Å². The van der Waals surface area contributed by atoms with E-state index in [-0.39, 0.29) is 42.1 Å². The molecular formula is C64H51B3N2O4. The smallest absolute Gasteiger partial charge is 0.335 e. The maximum Gasteiger partial charge on any atom is 0.335 e. The zero-order chi connectivity index (χ0) is 50.2. The SMILES string of the molecule is CC(C)(C)c1ccc(B2c3ccccc3N3c4cccc5c4B(c4cccc2c43)c2cc(-c3ccc(C(=O)O)cc3)cc3c2N5c2ccc(-c4ccc(C(=O)O)cc4)cc2B3c2ccc(C(C)(C)C)cc2)cc1. The molecule has 0 saturated heterocycles. The van der Waals surface area contributed by atoms with Crippen LogP contribution in [0.5, 0.6) is 0 Å². The first kappa shape index (κ1) is 44.6. The summed E-state index contributed by atoms with van der Waals surface area (Å²) in [5.41, 5.74) is 24.8. The lowest BCUT2D eigenvalue weighted by molar-refractivity contribution is 0.0686. The van der Waals surface area contributed by atoms with Gasteiger partial charge in [0, 0.05) is 34.1 Å². The molecule has 0 bridgehead atoms. The number of fused-ring (bicyclic) bond motifs is 8. The molecule has 9 aromatic rings. The van der Waals surface area contributed by atoms with Crippen LogP contribution in [0.15, 0.2) is 188 Å². The molecular weight excluding hydrogens is 893 g/mol. The normalized spacial score (nSPS) is 13.7. The summed E-state index contributed by atoms with van der Waals surface area (Å²) in [6.45, 7) is 13.2. The van der Waals surface area contributed by atoms with E-state index in [2.05, 4.69) is 191 Å². The Hall–Kier alpha value is -8.29. The Morgan fingerprint density at radius 2 is 0.767 bits per heavy atom. The fraction of sp³-hybridized carbons (Fsp3) is 0.125. The Bertz CT molecular complexity index is 3780. The van der Waals surface area contributed by atoms with E-state index in [0.717, 1.165) is 61.4 Å². The summed E-state index contributed by atoms with van der Waals surface area (Å²) in [5.74, 6) is -1.91. The monoisotopic (exact) mass is 944 g/mol. The number of carboxylic acid groups (broad SMARTS) is 2. The third kappa shape index (κ3) is 6.89. The topological polar surface area (TPSA) is 81.1 Å². The second-order valence-corrected chi connectivity index (χ2v) is 22.3. The van der Waals surface area contributed by atoms with Crippen LogP contribution in [0.3, 0.4) is 0 Å². The quantitative estimate of drug-likeness (QED) is 0.163. The van der Waals surface area contributed by atoms with Gasteiger partial charge in [0.15, 0.2) is 0 Å². The lowest BCUT2D eigenvalue weighted by Crippen LogP contribution is -2.69. The van der Waals surface area contributed by atoms with Gasteiger partial charge < -0.3 is 20.0 Å². The molecule has 350 valence electrons. The standard InChI is InChI=1S/C64H51B3N2O4/c1-63(2,3)44-26-30-46(31-27-44)65-48-11-7-8-14-54(48)68-56-15-10-16-57-58(56)67(50-13-9-12-49(65)59(50)68)53-37-43(39-19-23-41(24-20-39)62(72)73)36-52-60(53)69(57)55-34-25-42(38-17-21-40(22-18-38)61(70)71)35-51(55)66(52)47-32-28-45(29-33-47)64(4,5)6/h7-37H,1-6H3,(H,70,71)(H,72,73). The predicted octanol–water partition coefficient (Wildman–Crippen LogP) is 8.75. The maximum absolute atomic E-state index is 12.2. The van der Waals surface area contributed by atoms with Crippen LogP contribution in [0.25, 0.3) is 22.3 Å². The van der Waals surface area contributed by atoms with E-state index in [0.29, 0.717) is 0 Å². The molecule has 73 heavy (non-hydrogen) atoms. The van der Waals surface area contributed by atoms with Crippen LogP contribution < -0.4 is 59.0 Å². The Kier molecular flexibility index (Phi) is 9.85. The van der Waals surface area contributed by atoms with Gasteiger partial charge in [-0.1, -0.05) is 192 Å². The van der Waals surface area contributed by atoms with Gasteiger partial charge in [-0.15, -0.1) is 0 Å². The van der Waals surface area contributed by atoms with Crippen molar-refractivity contribution >= 4 is 115 Å². The molecule has 13 rings (SSSR count). The number of carboxylic acids is 2. The molecule has 0 amide bonds. The Labute approximate surface area is 427 Å². The van der Waals surface area contributed by atoms with Crippen molar-refractivity contribution in [3.63, 3.8) is 0 Å². The minimum absolute atomic E-state index is 0.0103. The highest BCUT2D eigenvalue weighted by Crippen LogP contribution is 2.46. The van der Waals surface area contributed by atoms with E-state index in [4.69, 9.17) is 0 Å². The summed E-state index contributed by atoms with van der Waals surface area (Å²) in [6.07, 6.45) is 0. The predicted molar refractivity (Wildman–Crippen MR) is 305 cm³/mol. The molecule has 0 radical (unpaired) electrons. The van der Waals surface area contributed by atoms with Crippen LogP contribution in [0.4, 0.5) is 34.1 Å². The molecule has 0 aromatic heterocycles.